The lowest BCUT2D eigenvalue weighted by molar-refractivity contribution is 0.390. The second-order valence-electron chi connectivity index (χ2n) is 6.01. The Hall–Kier alpha value is -1.40. The zero-order valence-corrected chi connectivity index (χ0v) is 14.5. The number of nitrogens with zero attached hydrogens (tertiary/aromatic N) is 1. The predicted octanol–water partition coefficient (Wildman–Crippen LogP) is 3.71. The van der Waals surface area contributed by atoms with E-state index < -0.39 is 0 Å². The summed E-state index contributed by atoms with van der Waals surface area (Å²) < 4.78 is 8.57. The topological polar surface area (TPSA) is 49.9 Å². The Bertz CT molecular complexity index is 652. The predicted molar refractivity (Wildman–Crippen MR) is 101 cm³/mol. The summed E-state index contributed by atoms with van der Waals surface area (Å²) in [5, 5.41) is 1.12. The minimum atomic E-state index is 0.643. The Morgan fingerprint density at radius 1 is 1.39 bits per heavy atom. The van der Waals surface area contributed by atoms with Crippen LogP contribution < -0.4 is 9.38 Å². The summed E-state index contributed by atoms with van der Waals surface area (Å²) in [6.07, 6.45) is 13.1. The van der Waals surface area contributed by atoms with Gasteiger partial charge < -0.3 is 9.64 Å². The third-order valence-corrected chi connectivity index (χ3v) is 5.33. The second-order valence-corrected chi connectivity index (χ2v) is 7.04. The zero-order valence-electron chi connectivity index (χ0n) is 13.7. The molecule has 1 aliphatic carbocycles. The van der Waals surface area contributed by atoms with Crippen LogP contribution in [0.3, 0.4) is 0 Å². The van der Waals surface area contributed by atoms with Crippen LogP contribution in [0.2, 0.25) is 0 Å². The van der Waals surface area contributed by atoms with E-state index in [1.807, 2.05) is 37.2 Å². The fourth-order valence-electron chi connectivity index (χ4n) is 3.16. The molecule has 23 heavy (non-hydrogen) atoms. The van der Waals surface area contributed by atoms with E-state index in [1.54, 1.807) is 6.20 Å². The molecule has 2 N–H and O–H groups in total. The molecule has 0 bridgehead atoms. The summed E-state index contributed by atoms with van der Waals surface area (Å²) in [6, 6.07) is 2.01. The minimum absolute atomic E-state index is 0.643. The largest absolute Gasteiger partial charge is 0.558 e. The van der Waals surface area contributed by atoms with E-state index in [0.717, 1.165) is 28.3 Å². The number of nitrogens with one attached hydrogen (secondary N) is 2. The smallest absolute Gasteiger partial charge is 0.366 e. The van der Waals surface area contributed by atoms with Gasteiger partial charge in [-0.25, -0.2) is 4.98 Å². The van der Waals surface area contributed by atoms with Gasteiger partial charge in [-0.15, -0.1) is 0 Å². The Kier molecular flexibility index (Phi) is 6.05. The third-order valence-electron chi connectivity index (χ3n) is 4.40. The summed E-state index contributed by atoms with van der Waals surface area (Å²) in [5.41, 5.74) is 2.03. The van der Waals surface area contributed by atoms with Crippen molar-refractivity contribution >= 4 is 36.5 Å². The van der Waals surface area contributed by atoms with Crippen molar-refractivity contribution in [2.24, 2.45) is 5.92 Å². The quantitative estimate of drug-likeness (QED) is 0.666. The first-order valence-electron chi connectivity index (χ1n) is 8.42. The highest BCUT2D eigenvalue weighted by Gasteiger charge is 2.12. The average molecular weight is 329 g/mol. The summed E-state index contributed by atoms with van der Waals surface area (Å²) in [5.74, 6) is 5.20. The first kappa shape index (κ1) is 16.5. The molecule has 0 radical (unpaired) electrons. The van der Waals surface area contributed by atoms with Crippen molar-refractivity contribution in [3.63, 3.8) is 0 Å². The van der Waals surface area contributed by atoms with E-state index in [1.165, 1.54) is 37.9 Å². The highest BCUT2D eigenvalue weighted by molar-refractivity contribution is 7.97. The van der Waals surface area contributed by atoms with Crippen molar-refractivity contribution in [1.29, 1.82) is 0 Å². The maximum absolute atomic E-state index is 5.44. The van der Waals surface area contributed by atoms with Crippen LogP contribution in [0.25, 0.3) is 17.1 Å². The van der Waals surface area contributed by atoms with Gasteiger partial charge in [0.25, 0.3) is 0 Å². The Morgan fingerprint density at radius 2 is 2.26 bits per heavy atom. The number of hydrogen-bond donors (Lipinski definition) is 2. The highest BCUT2D eigenvalue weighted by Crippen LogP contribution is 2.28. The van der Waals surface area contributed by atoms with Gasteiger partial charge in [-0.3, -0.25) is 4.72 Å². The third kappa shape index (κ3) is 4.33. The van der Waals surface area contributed by atoms with Gasteiger partial charge in [0.2, 0.25) is 0 Å². The van der Waals surface area contributed by atoms with Gasteiger partial charge in [-0.05, 0) is 31.9 Å². The number of aromatic nitrogens is 2. The molecular formula is C17H24BN3OS. The molecule has 1 saturated carbocycles. The van der Waals surface area contributed by atoms with Gasteiger partial charge in [-0.1, -0.05) is 43.3 Å². The lowest BCUT2D eigenvalue weighted by Crippen LogP contribution is -2.10. The number of H-pyrrole nitrogens is 1. The van der Waals surface area contributed by atoms with Crippen LogP contribution in [0, 0.1) is 5.92 Å². The standard InChI is InChI=1S/C9H7BN2O.C8H17NS/c1-3-10-13-8-5-12-9-7(6(1)8)2-4-11-9;1-9-10-7-8-5-3-2-4-6-8/h1-5,10H,(H,11,12);8-9H,2-7H2,1H3. The van der Waals surface area contributed by atoms with Crippen LogP contribution in [0.4, 0.5) is 0 Å². The molecule has 0 spiro atoms. The first-order chi connectivity index (χ1) is 11.4. The van der Waals surface area contributed by atoms with Crippen molar-refractivity contribution in [2.45, 2.75) is 32.1 Å². The Morgan fingerprint density at radius 3 is 3.09 bits per heavy atom. The summed E-state index contributed by atoms with van der Waals surface area (Å²) in [4.78, 5) is 7.31. The van der Waals surface area contributed by atoms with E-state index in [-0.39, 0.29) is 0 Å². The molecule has 2 aromatic rings. The lowest BCUT2D eigenvalue weighted by atomic mass is 9.91. The molecular weight excluding hydrogens is 305 g/mol. The van der Waals surface area contributed by atoms with Crippen LogP contribution in [-0.2, 0) is 0 Å². The zero-order chi connectivity index (χ0) is 15.9. The van der Waals surface area contributed by atoms with E-state index in [4.69, 9.17) is 4.65 Å². The van der Waals surface area contributed by atoms with Crippen molar-refractivity contribution in [3.8, 4) is 5.75 Å². The molecule has 0 aromatic carbocycles. The molecule has 4 rings (SSSR count). The highest BCUT2D eigenvalue weighted by atomic mass is 32.2. The SMILES string of the molecule is B1C=Cc2c(cnc3[nH]ccc23)O1.CNSCC1CCCCC1. The van der Waals surface area contributed by atoms with Gasteiger partial charge in [0.15, 0.2) is 0 Å². The summed E-state index contributed by atoms with van der Waals surface area (Å²) in [7, 11) is 2.65. The van der Waals surface area contributed by atoms with Gasteiger partial charge in [-0.2, -0.15) is 0 Å². The van der Waals surface area contributed by atoms with Crippen LogP contribution in [0.1, 0.15) is 37.7 Å². The summed E-state index contributed by atoms with van der Waals surface area (Å²) >= 11 is 1.86. The summed E-state index contributed by atoms with van der Waals surface area (Å²) in [6.45, 7) is 0. The lowest BCUT2D eigenvalue weighted by Gasteiger charge is -2.20. The molecule has 2 aliphatic rings. The maximum Gasteiger partial charge on any atom is 0.366 e. The molecule has 3 heterocycles. The maximum atomic E-state index is 5.44. The molecule has 0 unspecified atom stereocenters. The number of aromatic amines is 1. The number of fused-ring (bicyclic) bond motifs is 3. The van der Waals surface area contributed by atoms with E-state index >= 15 is 0 Å². The average Bonchev–Trinajstić information content (AvgIpc) is 3.11. The van der Waals surface area contributed by atoms with Crippen LogP contribution in [0.5, 0.6) is 5.75 Å². The van der Waals surface area contributed by atoms with Crippen molar-refractivity contribution in [1.82, 2.24) is 14.7 Å². The first-order valence-corrected chi connectivity index (χ1v) is 9.41. The van der Waals surface area contributed by atoms with E-state index in [2.05, 4.69) is 20.8 Å². The monoisotopic (exact) mass is 329 g/mol. The minimum Gasteiger partial charge on any atom is -0.558 e. The van der Waals surface area contributed by atoms with Crippen molar-refractivity contribution in [2.75, 3.05) is 12.8 Å². The second kappa shape index (κ2) is 8.46. The fraction of sp³-hybridized carbons (Fsp3) is 0.471. The van der Waals surface area contributed by atoms with E-state index in [9.17, 15) is 0 Å². The molecule has 2 aromatic heterocycles. The molecule has 6 heteroatoms. The normalized spacial score (nSPS) is 16.9. The number of pyridine rings is 1. The van der Waals surface area contributed by atoms with Gasteiger partial charge >= 0.3 is 7.48 Å². The molecule has 4 nitrogen and oxygen atoms in total. The van der Waals surface area contributed by atoms with Crippen LogP contribution in [0.15, 0.2) is 24.4 Å². The Balaban J connectivity index is 0.000000142. The molecule has 0 atom stereocenters. The Labute approximate surface area is 142 Å². The van der Waals surface area contributed by atoms with Crippen LogP contribution >= 0.6 is 11.9 Å². The van der Waals surface area contributed by atoms with Crippen molar-refractivity contribution in [3.05, 3.63) is 30.0 Å². The fourth-order valence-corrected chi connectivity index (χ4v) is 3.89. The number of hydrogen-bond acceptors (Lipinski definition) is 4. The number of rotatable bonds is 3. The molecule has 1 fully saturated rings. The molecule has 1 aliphatic heterocycles. The van der Waals surface area contributed by atoms with Gasteiger partial charge in [0.05, 0.1) is 6.20 Å². The van der Waals surface area contributed by atoms with Crippen LogP contribution in [-0.4, -0.2) is 30.3 Å². The van der Waals surface area contributed by atoms with Crippen molar-refractivity contribution < 1.29 is 4.65 Å². The molecule has 0 amide bonds. The molecule has 0 saturated heterocycles. The van der Waals surface area contributed by atoms with Gasteiger partial charge in [0, 0.05) is 22.9 Å². The van der Waals surface area contributed by atoms with Gasteiger partial charge in [0.1, 0.15) is 11.4 Å². The van der Waals surface area contributed by atoms with E-state index in [0.29, 0.717) is 7.48 Å². The molecule has 122 valence electrons.